The summed E-state index contributed by atoms with van der Waals surface area (Å²) in [7, 11) is 5.53. The molecule has 0 bridgehead atoms. The van der Waals surface area contributed by atoms with Crippen LogP contribution in [0.3, 0.4) is 0 Å². The van der Waals surface area contributed by atoms with Crippen LogP contribution in [0.2, 0.25) is 0 Å². The number of aliphatic hydroxyl groups is 1. The van der Waals surface area contributed by atoms with E-state index in [-0.39, 0.29) is 11.5 Å². The molecule has 0 unspecified atom stereocenters. The number of hydrogen-bond donors (Lipinski definition) is 1. The molecule has 2 fully saturated rings. The molecule has 1 aromatic carbocycles. The van der Waals surface area contributed by atoms with Gasteiger partial charge in [0.2, 0.25) is 0 Å². The Kier molecular flexibility index (Phi) is 4.08. The minimum atomic E-state index is -0.186. The van der Waals surface area contributed by atoms with Crippen LogP contribution < -0.4 is 9.47 Å². The second kappa shape index (κ2) is 5.74. The average Bonchev–Trinajstić information content (AvgIpc) is 2.85. The van der Waals surface area contributed by atoms with Crippen molar-refractivity contribution in [3.63, 3.8) is 0 Å². The molecule has 1 heterocycles. The van der Waals surface area contributed by atoms with Crippen molar-refractivity contribution >= 4 is 0 Å². The van der Waals surface area contributed by atoms with E-state index >= 15 is 0 Å². The molecule has 1 aromatic rings. The van der Waals surface area contributed by atoms with Gasteiger partial charge in [0.25, 0.3) is 0 Å². The molecular weight excluding hydrogens is 278 g/mol. The summed E-state index contributed by atoms with van der Waals surface area (Å²) in [4.78, 5) is 2.41. The maximum Gasteiger partial charge on any atom is 0.161 e. The van der Waals surface area contributed by atoms with Crippen LogP contribution in [-0.4, -0.2) is 50.0 Å². The smallest absolute Gasteiger partial charge is 0.161 e. The van der Waals surface area contributed by atoms with Gasteiger partial charge in [0.1, 0.15) is 0 Å². The molecule has 2 aliphatic rings. The van der Waals surface area contributed by atoms with E-state index in [2.05, 4.69) is 31.0 Å². The van der Waals surface area contributed by atoms with Gasteiger partial charge in [-0.05, 0) is 56.5 Å². The largest absolute Gasteiger partial charge is 0.493 e. The van der Waals surface area contributed by atoms with Crippen molar-refractivity contribution in [3.05, 3.63) is 23.8 Å². The van der Waals surface area contributed by atoms with Gasteiger partial charge in [-0.1, -0.05) is 13.0 Å². The highest BCUT2D eigenvalue weighted by atomic mass is 16.5. The Morgan fingerprint density at radius 1 is 1.18 bits per heavy atom. The van der Waals surface area contributed by atoms with E-state index in [1.165, 1.54) is 5.56 Å². The molecular formula is C18H27NO3. The maximum absolute atomic E-state index is 10.2. The second-order valence-electron chi connectivity index (χ2n) is 6.88. The fourth-order valence-corrected chi connectivity index (χ4v) is 4.76. The zero-order valence-corrected chi connectivity index (χ0v) is 14.0. The molecule has 1 aliphatic heterocycles. The lowest BCUT2D eigenvalue weighted by Crippen LogP contribution is -2.52. The zero-order chi connectivity index (χ0) is 15.9. The number of methoxy groups -OCH3 is 2. The summed E-state index contributed by atoms with van der Waals surface area (Å²) in [6.45, 7) is 3.36. The number of likely N-dealkylation sites (tertiary alicyclic amines) is 1. The van der Waals surface area contributed by atoms with Crippen LogP contribution in [0.4, 0.5) is 0 Å². The number of nitrogens with zero attached hydrogens (tertiary/aromatic N) is 1. The highest BCUT2D eigenvalue weighted by Gasteiger charge is 2.54. The highest BCUT2D eigenvalue weighted by molar-refractivity contribution is 5.47. The number of rotatable bonds is 3. The SMILES string of the molecule is COc1ccc([C@]23CCN(C)[C@H]2C[C@@H](O)C[C@H]3C)cc1OC. The van der Waals surface area contributed by atoms with Crippen LogP contribution in [0, 0.1) is 5.92 Å². The molecule has 4 atom stereocenters. The molecule has 1 N–H and O–H groups in total. The zero-order valence-electron chi connectivity index (χ0n) is 14.0. The van der Waals surface area contributed by atoms with Crippen LogP contribution in [0.25, 0.3) is 0 Å². The lowest BCUT2D eigenvalue weighted by atomic mass is 9.60. The standard InChI is InChI=1S/C18H27NO3/c1-12-9-14(20)11-17-18(12,7-8-19(17)2)13-5-6-15(21-3)16(10-13)22-4/h5-6,10,12,14,17,20H,7-9,11H2,1-4H3/t12-,14+,17+,18-/m1/s1. The van der Waals surface area contributed by atoms with Crippen molar-refractivity contribution < 1.29 is 14.6 Å². The molecule has 1 aliphatic carbocycles. The van der Waals surface area contributed by atoms with Gasteiger partial charge in [-0.15, -0.1) is 0 Å². The van der Waals surface area contributed by atoms with Crippen molar-refractivity contribution in [2.24, 2.45) is 5.92 Å². The number of ether oxygens (including phenoxy) is 2. The monoisotopic (exact) mass is 305 g/mol. The maximum atomic E-state index is 10.2. The molecule has 22 heavy (non-hydrogen) atoms. The first-order valence-corrected chi connectivity index (χ1v) is 8.13. The Hall–Kier alpha value is -1.26. The van der Waals surface area contributed by atoms with Gasteiger partial charge in [0, 0.05) is 11.5 Å². The molecule has 4 heteroatoms. The van der Waals surface area contributed by atoms with Gasteiger partial charge in [-0.2, -0.15) is 0 Å². The minimum absolute atomic E-state index is 0.105. The third kappa shape index (κ3) is 2.20. The predicted molar refractivity (Wildman–Crippen MR) is 86.7 cm³/mol. The minimum Gasteiger partial charge on any atom is -0.493 e. The van der Waals surface area contributed by atoms with Gasteiger partial charge >= 0.3 is 0 Å². The van der Waals surface area contributed by atoms with Crippen molar-refractivity contribution in [1.29, 1.82) is 0 Å². The number of aliphatic hydroxyl groups excluding tert-OH is 1. The lowest BCUT2D eigenvalue weighted by molar-refractivity contribution is 0.0226. The van der Waals surface area contributed by atoms with Crippen LogP contribution in [-0.2, 0) is 5.41 Å². The van der Waals surface area contributed by atoms with E-state index < -0.39 is 0 Å². The van der Waals surface area contributed by atoms with Gasteiger partial charge < -0.3 is 19.5 Å². The van der Waals surface area contributed by atoms with Crippen LogP contribution in [0.15, 0.2) is 18.2 Å². The Morgan fingerprint density at radius 3 is 2.59 bits per heavy atom. The first-order chi connectivity index (χ1) is 10.5. The molecule has 1 saturated carbocycles. The number of fused-ring (bicyclic) bond motifs is 1. The van der Waals surface area contributed by atoms with Gasteiger partial charge in [-0.25, -0.2) is 0 Å². The molecule has 0 radical (unpaired) electrons. The highest BCUT2D eigenvalue weighted by Crippen LogP contribution is 2.52. The summed E-state index contributed by atoms with van der Waals surface area (Å²) < 4.78 is 10.9. The van der Waals surface area contributed by atoms with Crippen molar-refractivity contribution in [2.75, 3.05) is 27.8 Å². The van der Waals surface area contributed by atoms with Crippen LogP contribution in [0.5, 0.6) is 11.5 Å². The number of likely N-dealkylation sites (N-methyl/N-ethyl adjacent to an activating group) is 1. The van der Waals surface area contributed by atoms with E-state index in [4.69, 9.17) is 9.47 Å². The Morgan fingerprint density at radius 2 is 1.91 bits per heavy atom. The average molecular weight is 305 g/mol. The molecule has 0 amide bonds. The summed E-state index contributed by atoms with van der Waals surface area (Å²) in [5, 5.41) is 10.2. The molecule has 4 nitrogen and oxygen atoms in total. The molecule has 0 spiro atoms. The summed E-state index contributed by atoms with van der Waals surface area (Å²) >= 11 is 0. The quantitative estimate of drug-likeness (QED) is 0.931. The normalized spacial score (nSPS) is 35.2. The Bertz CT molecular complexity index is 547. The number of hydrogen-bond acceptors (Lipinski definition) is 4. The van der Waals surface area contributed by atoms with Crippen molar-refractivity contribution in [3.8, 4) is 11.5 Å². The van der Waals surface area contributed by atoms with Crippen molar-refractivity contribution in [1.82, 2.24) is 4.90 Å². The summed E-state index contributed by atoms with van der Waals surface area (Å²) in [6.07, 6.45) is 2.68. The van der Waals surface area contributed by atoms with Gasteiger partial charge in [-0.3, -0.25) is 0 Å². The third-order valence-electron chi connectivity index (χ3n) is 5.93. The first kappa shape index (κ1) is 15.6. The predicted octanol–water partition coefficient (Wildman–Crippen LogP) is 2.44. The summed E-state index contributed by atoms with van der Waals surface area (Å²) in [5.41, 5.74) is 1.42. The second-order valence-corrected chi connectivity index (χ2v) is 6.88. The number of benzene rings is 1. The van der Waals surface area contributed by atoms with Gasteiger partial charge in [0.15, 0.2) is 11.5 Å². The lowest BCUT2D eigenvalue weighted by Gasteiger charge is -2.48. The van der Waals surface area contributed by atoms with E-state index in [0.717, 1.165) is 37.3 Å². The van der Waals surface area contributed by atoms with Crippen LogP contribution in [0.1, 0.15) is 31.7 Å². The fraction of sp³-hybridized carbons (Fsp3) is 0.667. The van der Waals surface area contributed by atoms with Gasteiger partial charge in [0.05, 0.1) is 20.3 Å². The Labute approximate surface area is 133 Å². The molecule has 122 valence electrons. The molecule has 0 aromatic heterocycles. The molecule has 1 saturated heterocycles. The van der Waals surface area contributed by atoms with E-state index in [9.17, 15) is 5.11 Å². The van der Waals surface area contributed by atoms with E-state index in [1.54, 1.807) is 14.2 Å². The van der Waals surface area contributed by atoms with E-state index in [1.807, 2.05) is 6.07 Å². The summed E-state index contributed by atoms with van der Waals surface area (Å²) in [5.74, 6) is 2.01. The fourth-order valence-electron chi connectivity index (χ4n) is 4.76. The van der Waals surface area contributed by atoms with Crippen molar-refractivity contribution in [2.45, 2.75) is 43.7 Å². The topological polar surface area (TPSA) is 41.9 Å². The molecule has 3 rings (SSSR count). The van der Waals surface area contributed by atoms with E-state index in [0.29, 0.717) is 12.0 Å². The Balaban J connectivity index is 2.07. The first-order valence-electron chi connectivity index (χ1n) is 8.13. The summed E-state index contributed by atoms with van der Waals surface area (Å²) in [6, 6.07) is 6.72. The third-order valence-corrected chi connectivity index (χ3v) is 5.93. The van der Waals surface area contributed by atoms with Crippen LogP contribution >= 0.6 is 0 Å².